The van der Waals surface area contributed by atoms with Gasteiger partial charge in [-0.1, -0.05) is 12.1 Å². The number of fused-ring (bicyclic) bond motifs is 1. The Balaban J connectivity index is 0.00000320. The lowest BCUT2D eigenvalue weighted by atomic mass is 10.1. The van der Waals surface area contributed by atoms with Crippen LogP contribution in [0.4, 0.5) is 13.2 Å². The summed E-state index contributed by atoms with van der Waals surface area (Å²) < 4.78 is 46.9. The number of benzene rings is 1. The molecule has 0 atom stereocenters. The van der Waals surface area contributed by atoms with Gasteiger partial charge >= 0.3 is 6.18 Å². The highest BCUT2D eigenvalue weighted by Gasteiger charge is 2.28. The number of nitrogens with zero attached hydrogens (tertiary/aromatic N) is 2. The van der Waals surface area contributed by atoms with Gasteiger partial charge in [-0.3, -0.25) is 4.99 Å². The summed E-state index contributed by atoms with van der Waals surface area (Å²) in [6.07, 6.45) is -1.21. The van der Waals surface area contributed by atoms with Crippen molar-refractivity contribution in [3.8, 4) is 11.6 Å². The van der Waals surface area contributed by atoms with Gasteiger partial charge in [0.2, 0.25) is 5.88 Å². The van der Waals surface area contributed by atoms with E-state index in [0.717, 1.165) is 30.8 Å². The molecule has 0 fully saturated rings. The number of pyridine rings is 1. The summed E-state index contributed by atoms with van der Waals surface area (Å²) in [6, 6.07) is 9.40. The largest absolute Gasteiger partial charge is 0.493 e. The minimum atomic E-state index is -4.40. The van der Waals surface area contributed by atoms with Gasteiger partial charge in [0.1, 0.15) is 5.75 Å². The Morgan fingerprint density at radius 2 is 2.03 bits per heavy atom. The topological polar surface area (TPSA) is 67.8 Å². The Kier molecular flexibility index (Phi) is 9.00. The molecule has 1 aliphatic rings. The lowest BCUT2D eigenvalue weighted by Crippen LogP contribution is -2.37. The fourth-order valence-corrected chi connectivity index (χ4v) is 2.92. The van der Waals surface area contributed by atoms with E-state index in [2.05, 4.69) is 37.5 Å². The number of halogens is 4. The van der Waals surface area contributed by atoms with Crippen LogP contribution in [0.15, 0.2) is 41.5 Å². The number of aliphatic imine (C=N–C) groups is 1. The molecule has 0 unspecified atom stereocenters. The Bertz CT molecular complexity index is 862. The molecule has 2 N–H and O–H groups in total. The highest BCUT2D eigenvalue weighted by atomic mass is 127. The van der Waals surface area contributed by atoms with Crippen LogP contribution in [0.25, 0.3) is 0 Å². The first-order valence-electron chi connectivity index (χ1n) is 9.26. The molecular formula is C20H24F3IN4O2. The van der Waals surface area contributed by atoms with E-state index in [9.17, 15) is 13.2 Å². The summed E-state index contributed by atoms with van der Waals surface area (Å²) >= 11 is 0. The summed E-state index contributed by atoms with van der Waals surface area (Å²) in [4.78, 5) is 7.95. The molecule has 0 bridgehead atoms. The van der Waals surface area contributed by atoms with Crippen molar-refractivity contribution in [2.75, 3.05) is 26.8 Å². The van der Waals surface area contributed by atoms with Gasteiger partial charge in [0.05, 0.1) is 6.61 Å². The van der Waals surface area contributed by atoms with Crippen molar-refractivity contribution in [2.24, 2.45) is 4.99 Å². The summed E-state index contributed by atoms with van der Waals surface area (Å²) in [6.45, 7) is 0.441. The van der Waals surface area contributed by atoms with Crippen molar-refractivity contribution in [3.05, 3.63) is 53.2 Å². The first-order chi connectivity index (χ1) is 13.9. The number of aromatic nitrogens is 1. The molecule has 0 spiro atoms. The van der Waals surface area contributed by atoms with Crippen molar-refractivity contribution >= 4 is 29.9 Å². The Hall–Kier alpha value is -2.24. The van der Waals surface area contributed by atoms with E-state index in [1.54, 1.807) is 13.1 Å². The summed E-state index contributed by atoms with van der Waals surface area (Å²) in [7, 11) is 1.66. The zero-order valence-electron chi connectivity index (χ0n) is 16.5. The molecule has 2 heterocycles. The molecular weight excluding hydrogens is 512 g/mol. The summed E-state index contributed by atoms with van der Waals surface area (Å²) in [5.41, 5.74) is 3.20. The van der Waals surface area contributed by atoms with Crippen LogP contribution in [0.5, 0.6) is 11.6 Å². The van der Waals surface area contributed by atoms with Crippen LogP contribution < -0.4 is 20.1 Å². The molecule has 1 aromatic heterocycles. The molecule has 10 heteroatoms. The first kappa shape index (κ1) is 24.0. The normalized spacial score (nSPS) is 13.1. The molecule has 1 aromatic carbocycles. The van der Waals surface area contributed by atoms with Crippen LogP contribution >= 0.6 is 24.0 Å². The zero-order valence-corrected chi connectivity index (χ0v) is 18.8. The van der Waals surface area contributed by atoms with Crippen LogP contribution in [-0.4, -0.2) is 43.9 Å². The molecule has 30 heavy (non-hydrogen) atoms. The predicted octanol–water partition coefficient (Wildman–Crippen LogP) is 3.48. The minimum Gasteiger partial charge on any atom is -0.493 e. The quantitative estimate of drug-likeness (QED) is 0.323. The van der Waals surface area contributed by atoms with Gasteiger partial charge in [0.25, 0.3) is 0 Å². The number of nitrogens with one attached hydrogen (secondary N) is 2. The third-order valence-corrected chi connectivity index (χ3v) is 4.33. The second kappa shape index (κ2) is 11.2. The van der Waals surface area contributed by atoms with Gasteiger partial charge in [-0.15, -0.1) is 24.0 Å². The molecule has 164 valence electrons. The molecule has 0 aliphatic carbocycles. The number of guanidine groups is 1. The maximum absolute atomic E-state index is 12.3. The molecule has 6 nitrogen and oxygen atoms in total. The Morgan fingerprint density at radius 1 is 1.20 bits per heavy atom. The first-order valence-corrected chi connectivity index (χ1v) is 9.26. The third-order valence-electron chi connectivity index (χ3n) is 4.33. The maximum atomic E-state index is 12.3. The van der Waals surface area contributed by atoms with Crippen LogP contribution in [-0.2, 0) is 19.4 Å². The van der Waals surface area contributed by atoms with Crippen molar-refractivity contribution in [1.29, 1.82) is 0 Å². The van der Waals surface area contributed by atoms with Gasteiger partial charge in [0.15, 0.2) is 12.6 Å². The van der Waals surface area contributed by atoms with Gasteiger partial charge in [-0.05, 0) is 35.2 Å². The van der Waals surface area contributed by atoms with Crippen molar-refractivity contribution in [3.63, 3.8) is 0 Å². The predicted molar refractivity (Wildman–Crippen MR) is 119 cm³/mol. The second-order valence-corrected chi connectivity index (χ2v) is 6.55. The second-order valence-electron chi connectivity index (χ2n) is 6.55. The van der Waals surface area contributed by atoms with E-state index < -0.39 is 12.8 Å². The van der Waals surface area contributed by atoms with Gasteiger partial charge < -0.3 is 20.1 Å². The van der Waals surface area contributed by atoms with Crippen molar-refractivity contribution in [1.82, 2.24) is 15.6 Å². The maximum Gasteiger partial charge on any atom is 0.422 e. The van der Waals surface area contributed by atoms with Crippen molar-refractivity contribution < 1.29 is 22.6 Å². The van der Waals surface area contributed by atoms with Crippen LogP contribution in [0, 0.1) is 0 Å². The highest BCUT2D eigenvalue weighted by molar-refractivity contribution is 14.0. The van der Waals surface area contributed by atoms with Crippen LogP contribution in [0.2, 0.25) is 0 Å². The Morgan fingerprint density at radius 3 is 2.80 bits per heavy atom. The Labute approximate surface area is 190 Å². The molecule has 3 rings (SSSR count). The zero-order chi connectivity index (χ0) is 20.7. The lowest BCUT2D eigenvalue weighted by Gasteiger charge is -2.13. The van der Waals surface area contributed by atoms with E-state index in [0.29, 0.717) is 19.0 Å². The molecule has 1 aliphatic heterocycles. The van der Waals surface area contributed by atoms with E-state index in [1.165, 1.54) is 23.4 Å². The van der Waals surface area contributed by atoms with Gasteiger partial charge in [-0.2, -0.15) is 13.2 Å². The van der Waals surface area contributed by atoms with Gasteiger partial charge in [0, 0.05) is 38.8 Å². The number of hydrogen-bond donors (Lipinski definition) is 2. The van der Waals surface area contributed by atoms with E-state index in [4.69, 9.17) is 4.74 Å². The fraction of sp³-hybridized carbons (Fsp3) is 0.400. The number of rotatable bonds is 7. The van der Waals surface area contributed by atoms with Crippen molar-refractivity contribution in [2.45, 2.75) is 25.6 Å². The highest BCUT2D eigenvalue weighted by Crippen LogP contribution is 2.25. The SMILES string of the molecule is CN=C(NCCc1ccc2c(c1)CCO2)NCc1ccnc(OCC(F)(F)F)c1.I. The monoisotopic (exact) mass is 536 g/mol. The molecule has 0 radical (unpaired) electrons. The minimum absolute atomic E-state index is 0. The number of ether oxygens (including phenoxy) is 2. The molecule has 0 saturated carbocycles. The molecule has 0 amide bonds. The lowest BCUT2D eigenvalue weighted by molar-refractivity contribution is -0.154. The fourth-order valence-electron chi connectivity index (χ4n) is 2.92. The number of hydrogen-bond acceptors (Lipinski definition) is 4. The standard InChI is InChI=1S/C20H23F3N4O2.HI/c1-24-19(26-8-4-14-2-3-17-16(10-14)6-9-28-17)27-12-15-5-7-25-18(11-15)29-13-20(21,22)23;/h2-3,5,7,10-11H,4,6,8-9,12-13H2,1H3,(H2,24,26,27);1H. The smallest absolute Gasteiger partial charge is 0.422 e. The van der Waals surface area contributed by atoms with Gasteiger partial charge in [-0.25, -0.2) is 4.98 Å². The molecule has 2 aromatic rings. The average Bonchev–Trinajstić information content (AvgIpc) is 3.16. The van der Waals surface area contributed by atoms with E-state index >= 15 is 0 Å². The molecule has 0 saturated heterocycles. The van der Waals surface area contributed by atoms with Crippen LogP contribution in [0.3, 0.4) is 0 Å². The number of alkyl halides is 3. The third kappa shape index (κ3) is 7.54. The average molecular weight is 536 g/mol. The summed E-state index contributed by atoms with van der Waals surface area (Å²) in [5.74, 6) is 1.50. The van der Waals surface area contributed by atoms with E-state index in [1.807, 2.05) is 6.07 Å². The van der Waals surface area contributed by atoms with Crippen LogP contribution in [0.1, 0.15) is 16.7 Å². The van der Waals surface area contributed by atoms with E-state index in [-0.39, 0.29) is 29.9 Å². The summed E-state index contributed by atoms with van der Waals surface area (Å²) in [5, 5.41) is 6.35.